The Bertz CT molecular complexity index is 432. The Hall–Kier alpha value is -0.850. The number of hydrogen-bond acceptors (Lipinski definition) is 6. The minimum Gasteiger partial charge on any atom is -0.473 e. The van der Waals surface area contributed by atoms with E-state index in [9.17, 15) is 0 Å². The Balaban J connectivity index is 0.00000133. The van der Waals surface area contributed by atoms with Crippen LogP contribution in [0, 0.1) is 5.92 Å². The molecule has 2 unspecified atom stereocenters. The van der Waals surface area contributed by atoms with Crippen molar-refractivity contribution >= 4 is 24.1 Å². The van der Waals surface area contributed by atoms with Crippen molar-refractivity contribution in [1.29, 1.82) is 0 Å². The fraction of sp³-hybridized carbons (Fsp3) is 0.667. The van der Waals surface area contributed by atoms with Crippen LogP contribution in [0.3, 0.4) is 0 Å². The first kappa shape index (κ1) is 14.6. The van der Waals surface area contributed by atoms with Gasteiger partial charge < -0.3 is 9.47 Å². The van der Waals surface area contributed by atoms with Crippen LogP contribution >= 0.6 is 24.1 Å². The molecule has 1 aromatic rings. The van der Waals surface area contributed by atoms with Crippen molar-refractivity contribution in [2.24, 2.45) is 5.92 Å². The first-order chi connectivity index (χ1) is 8.81. The van der Waals surface area contributed by atoms with E-state index < -0.39 is 0 Å². The van der Waals surface area contributed by atoms with Crippen LogP contribution in [0.1, 0.15) is 25.7 Å². The maximum Gasteiger partial charge on any atom is 0.292 e. The molecular weight excluding hydrogens is 286 g/mol. The molecule has 0 amide bonds. The molecule has 2 bridgehead atoms. The first-order valence-electron chi connectivity index (χ1n) is 6.32. The largest absolute Gasteiger partial charge is 0.473 e. The number of rotatable bonds is 6. The molecule has 7 heteroatoms. The highest BCUT2D eigenvalue weighted by Crippen LogP contribution is 2.42. The predicted octanol–water partition coefficient (Wildman–Crippen LogP) is 2.39. The van der Waals surface area contributed by atoms with Gasteiger partial charge in [-0.05, 0) is 18.8 Å². The summed E-state index contributed by atoms with van der Waals surface area (Å²) in [5.74, 6) is 1.79. The zero-order valence-corrected chi connectivity index (χ0v) is 12.3. The van der Waals surface area contributed by atoms with Gasteiger partial charge in [0.25, 0.3) is 11.8 Å². The SMILES string of the molecule is C=CCCOc1nsnc1OC12CCC(CN1)C2.Cl. The van der Waals surface area contributed by atoms with Crippen LogP contribution in [0.4, 0.5) is 0 Å². The molecule has 1 saturated heterocycles. The summed E-state index contributed by atoms with van der Waals surface area (Å²) in [5, 5.41) is 3.45. The standard InChI is InChI=1S/C12H17N3O2S.ClH/c1-2-3-6-16-10-11(15-18-14-10)17-12-5-4-9(7-12)8-13-12;/h2,9,13H,1,3-8H2;1H. The monoisotopic (exact) mass is 303 g/mol. The van der Waals surface area contributed by atoms with Gasteiger partial charge >= 0.3 is 0 Å². The molecule has 0 spiro atoms. The molecule has 2 fully saturated rings. The van der Waals surface area contributed by atoms with Crippen LogP contribution in [0.2, 0.25) is 0 Å². The third-order valence-corrected chi connectivity index (χ3v) is 4.07. The van der Waals surface area contributed by atoms with E-state index in [0.29, 0.717) is 18.4 Å². The highest BCUT2D eigenvalue weighted by molar-refractivity contribution is 6.99. The molecule has 1 aromatic heterocycles. The molecule has 5 nitrogen and oxygen atoms in total. The lowest BCUT2D eigenvalue weighted by molar-refractivity contribution is 0.0478. The molecule has 1 saturated carbocycles. The van der Waals surface area contributed by atoms with E-state index >= 15 is 0 Å². The third kappa shape index (κ3) is 3.01. The molecule has 1 aliphatic heterocycles. The molecule has 1 aliphatic carbocycles. The van der Waals surface area contributed by atoms with Crippen LogP contribution in [0.5, 0.6) is 11.8 Å². The normalized spacial score (nSPS) is 27.9. The topological polar surface area (TPSA) is 56.3 Å². The number of hydrogen-bond donors (Lipinski definition) is 1. The maximum absolute atomic E-state index is 6.03. The van der Waals surface area contributed by atoms with Crippen molar-refractivity contribution in [1.82, 2.24) is 14.1 Å². The second-order valence-electron chi connectivity index (χ2n) is 4.89. The summed E-state index contributed by atoms with van der Waals surface area (Å²) in [4.78, 5) is 0. The third-order valence-electron chi connectivity index (χ3n) is 3.57. The maximum atomic E-state index is 6.03. The molecule has 106 valence electrons. The van der Waals surface area contributed by atoms with Gasteiger partial charge in [0.05, 0.1) is 18.3 Å². The van der Waals surface area contributed by atoms with Gasteiger partial charge in [-0.25, -0.2) is 0 Å². The van der Waals surface area contributed by atoms with Crippen LogP contribution < -0.4 is 14.8 Å². The summed E-state index contributed by atoms with van der Waals surface area (Å²) in [7, 11) is 0. The van der Waals surface area contributed by atoms with E-state index in [1.54, 1.807) is 0 Å². The van der Waals surface area contributed by atoms with E-state index in [0.717, 1.165) is 43.5 Å². The van der Waals surface area contributed by atoms with Crippen molar-refractivity contribution in [2.45, 2.75) is 31.4 Å². The summed E-state index contributed by atoms with van der Waals surface area (Å²) < 4.78 is 19.9. The molecule has 3 rings (SSSR count). The van der Waals surface area contributed by atoms with E-state index in [4.69, 9.17) is 9.47 Å². The molecule has 2 atom stereocenters. The van der Waals surface area contributed by atoms with Gasteiger partial charge in [0.2, 0.25) is 0 Å². The number of nitrogens with one attached hydrogen (secondary N) is 1. The Morgan fingerprint density at radius 2 is 2.32 bits per heavy atom. The average molecular weight is 304 g/mol. The fourth-order valence-corrected chi connectivity index (χ4v) is 3.08. The van der Waals surface area contributed by atoms with Crippen molar-refractivity contribution in [3.05, 3.63) is 12.7 Å². The zero-order valence-electron chi connectivity index (χ0n) is 10.6. The van der Waals surface area contributed by atoms with E-state index in [1.807, 2.05) is 6.08 Å². The van der Waals surface area contributed by atoms with E-state index in [-0.39, 0.29) is 18.1 Å². The summed E-state index contributed by atoms with van der Waals surface area (Å²) in [6, 6.07) is 0. The van der Waals surface area contributed by atoms with E-state index in [2.05, 4.69) is 20.6 Å². The zero-order chi connectivity index (χ0) is 12.4. The molecule has 19 heavy (non-hydrogen) atoms. The number of ether oxygens (including phenoxy) is 2. The number of aromatic nitrogens is 2. The lowest BCUT2D eigenvalue weighted by Gasteiger charge is -2.27. The Morgan fingerprint density at radius 1 is 1.47 bits per heavy atom. The van der Waals surface area contributed by atoms with Crippen LogP contribution in [0.15, 0.2) is 12.7 Å². The smallest absolute Gasteiger partial charge is 0.292 e. The molecule has 1 N–H and O–H groups in total. The van der Waals surface area contributed by atoms with Gasteiger partial charge in [-0.1, -0.05) is 6.08 Å². The molecule has 2 aliphatic rings. The second kappa shape index (κ2) is 6.07. The van der Waals surface area contributed by atoms with Crippen molar-refractivity contribution in [2.75, 3.05) is 13.2 Å². The predicted molar refractivity (Wildman–Crippen MR) is 76.2 cm³/mol. The summed E-state index contributed by atoms with van der Waals surface area (Å²) >= 11 is 1.13. The van der Waals surface area contributed by atoms with Crippen molar-refractivity contribution in [3.8, 4) is 11.8 Å². The first-order valence-corrected chi connectivity index (χ1v) is 7.05. The quantitative estimate of drug-likeness (QED) is 0.646. The van der Waals surface area contributed by atoms with Crippen LogP contribution in [-0.2, 0) is 0 Å². The average Bonchev–Trinajstić information content (AvgIpc) is 3.06. The Kier molecular flexibility index (Phi) is 4.65. The van der Waals surface area contributed by atoms with Crippen LogP contribution in [0.25, 0.3) is 0 Å². The fourth-order valence-electron chi connectivity index (χ4n) is 2.65. The lowest BCUT2D eigenvalue weighted by atomic mass is 10.1. The number of halogens is 1. The molecule has 0 aromatic carbocycles. The van der Waals surface area contributed by atoms with Crippen molar-refractivity contribution in [3.63, 3.8) is 0 Å². The Morgan fingerprint density at radius 3 is 2.95 bits per heavy atom. The lowest BCUT2D eigenvalue weighted by Crippen LogP contribution is -2.45. The highest BCUT2D eigenvalue weighted by atomic mass is 35.5. The van der Waals surface area contributed by atoms with Gasteiger partial charge in [-0.3, -0.25) is 5.32 Å². The number of nitrogens with zero attached hydrogens (tertiary/aromatic N) is 2. The molecule has 0 radical (unpaired) electrons. The summed E-state index contributed by atoms with van der Waals surface area (Å²) in [5.41, 5.74) is -0.225. The number of fused-ring (bicyclic) bond motifs is 2. The highest BCUT2D eigenvalue weighted by Gasteiger charge is 2.47. The number of piperidine rings is 1. The van der Waals surface area contributed by atoms with Gasteiger partial charge in [0, 0.05) is 19.4 Å². The van der Waals surface area contributed by atoms with E-state index in [1.165, 1.54) is 6.42 Å². The van der Waals surface area contributed by atoms with Gasteiger partial charge in [0.1, 0.15) is 0 Å². The van der Waals surface area contributed by atoms with Gasteiger partial charge in [0.15, 0.2) is 5.72 Å². The van der Waals surface area contributed by atoms with Crippen LogP contribution in [-0.4, -0.2) is 27.6 Å². The van der Waals surface area contributed by atoms with Crippen molar-refractivity contribution < 1.29 is 9.47 Å². The summed E-state index contributed by atoms with van der Waals surface area (Å²) in [6.07, 6.45) is 5.96. The van der Waals surface area contributed by atoms with Gasteiger partial charge in [-0.15, -0.1) is 27.7 Å². The summed E-state index contributed by atoms with van der Waals surface area (Å²) in [6.45, 7) is 5.27. The van der Waals surface area contributed by atoms with Gasteiger partial charge in [-0.2, -0.15) is 0 Å². The molecule has 2 heterocycles. The minimum absolute atomic E-state index is 0. The second-order valence-corrected chi connectivity index (χ2v) is 5.41. The molecular formula is C12H18ClN3O2S. The minimum atomic E-state index is -0.225. The Labute approximate surface area is 123 Å².